The molecule has 0 unspecified atom stereocenters. The molecule has 0 fully saturated rings. The fraction of sp³-hybridized carbons (Fsp3) is 0.778. The van der Waals surface area contributed by atoms with Crippen molar-refractivity contribution in [2.45, 2.75) is 61.3 Å². The number of rotatable bonds is 9. The Kier molecular flexibility index (Phi) is 12.4. The van der Waals surface area contributed by atoms with Gasteiger partial charge in [0.2, 0.25) is 0 Å². The first-order valence-corrected chi connectivity index (χ1v) is 8.15. The molecular weight excluding hydrogens is 296 g/mol. The molecule has 0 aromatic rings. The summed E-state index contributed by atoms with van der Waals surface area (Å²) in [6, 6.07) is 0. The molecule has 0 aliphatic rings. The Morgan fingerprint density at radius 2 is 1.30 bits per heavy atom. The molecule has 0 bridgehead atoms. The van der Waals surface area contributed by atoms with Gasteiger partial charge in [0.1, 0.15) is 13.2 Å². The molecule has 0 spiro atoms. The standard InChI is InChI=1S/C10H18O3.C8H16O2/c1-5-10(3,4)9(11)13-8-7-12-6-2;1-5-8(3,4)7(9)10-6-2/h6H,2,5,7-8H2,1,3-4H3;5-6H2,1-4H3. The van der Waals surface area contributed by atoms with Crippen LogP contribution in [0.1, 0.15) is 61.3 Å². The maximum absolute atomic E-state index is 11.4. The first-order valence-electron chi connectivity index (χ1n) is 8.15. The fourth-order valence-electron chi connectivity index (χ4n) is 1.08. The van der Waals surface area contributed by atoms with Crippen LogP contribution in [0.4, 0.5) is 0 Å². The number of ether oxygens (including phenoxy) is 3. The molecule has 0 aliphatic heterocycles. The molecule has 23 heavy (non-hydrogen) atoms. The smallest absolute Gasteiger partial charge is 0.311 e. The van der Waals surface area contributed by atoms with Crippen LogP contribution in [0.5, 0.6) is 0 Å². The fourth-order valence-corrected chi connectivity index (χ4v) is 1.08. The highest BCUT2D eigenvalue weighted by atomic mass is 16.6. The van der Waals surface area contributed by atoms with Gasteiger partial charge in [0.25, 0.3) is 0 Å². The highest BCUT2D eigenvalue weighted by Crippen LogP contribution is 2.21. The number of hydrogen-bond donors (Lipinski definition) is 0. The van der Waals surface area contributed by atoms with Gasteiger partial charge in [-0.15, -0.1) is 0 Å². The van der Waals surface area contributed by atoms with E-state index in [-0.39, 0.29) is 24.0 Å². The molecule has 0 aliphatic carbocycles. The van der Waals surface area contributed by atoms with Crippen molar-refractivity contribution in [1.29, 1.82) is 0 Å². The third-order valence-corrected chi connectivity index (χ3v) is 3.70. The lowest BCUT2D eigenvalue weighted by Crippen LogP contribution is -2.26. The summed E-state index contributed by atoms with van der Waals surface area (Å²) in [5.74, 6) is -0.278. The number of esters is 2. The first kappa shape index (κ1) is 23.7. The predicted octanol–water partition coefficient (Wildman–Crippen LogP) is 4.11. The zero-order chi connectivity index (χ0) is 18.5. The second kappa shape index (κ2) is 12.0. The Morgan fingerprint density at radius 3 is 1.65 bits per heavy atom. The molecule has 0 saturated heterocycles. The van der Waals surface area contributed by atoms with E-state index >= 15 is 0 Å². The van der Waals surface area contributed by atoms with Crippen LogP contribution in [0.3, 0.4) is 0 Å². The maximum atomic E-state index is 11.4. The monoisotopic (exact) mass is 330 g/mol. The lowest BCUT2D eigenvalue weighted by atomic mass is 9.91. The minimum atomic E-state index is -0.395. The summed E-state index contributed by atoms with van der Waals surface area (Å²) in [5.41, 5.74) is -0.704. The van der Waals surface area contributed by atoms with E-state index in [0.29, 0.717) is 13.2 Å². The van der Waals surface area contributed by atoms with Crippen molar-refractivity contribution in [3.05, 3.63) is 12.8 Å². The summed E-state index contributed by atoms with van der Waals surface area (Å²) in [7, 11) is 0. The molecule has 5 nitrogen and oxygen atoms in total. The Balaban J connectivity index is 0. The molecular formula is C18H34O5. The van der Waals surface area contributed by atoms with E-state index in [4.69, 9.17) is 14.2 Å². The summed E-state index contributed by atoms with van der Waals surface area (Å²) < 4.78 is 14.7. The largest absolute Gasteiger partial charge is 0.498 e. The molecule has 0 amide bonds. The van der Waals surface area contributed by atoms with E-state index in [9.17, 15) is 9.59 Å². The quantitative estimate of drug-likeness (QED) is 0.362. The number of carbonyl (C=O) groups excluding carboxylic acids is 2. The summed E-state index contributed by atoms with van der Waals surface area (Å²) in [6.45, 7) is 17.8. The Labute approximate surface area is 141 Å². The molecule has 0 aromatic heterocycles. The van der Waals surface area contributed by atoms with Gasteiger partial charge in [-0.2, -0.15) is 0 Å². The molecule has 0 N–H and O–H groups in total. The van der Waals surface area contributed by atoms with Crippen LogP contribution in [0.25, 0.3) is 0 Å². The summed E-state index contributed by atoms with van der Waals surface area (Å²) in [6.07, 6.45) is 2.93. The second-order valence-electron chi connectivity index (χ2n) is 6.37. The van der Waals surface area contributed by atoms with E-state index < -0.39 is 5.41 Å². The van der Waals surface area contributed by atoms with Crippen LogP contribution in [-0.4, -0.2) is 31.8 Å². The van der Waals surface area contributed by atoms with Gasteiger partial charge in [0, 0.05) is 0 Å². The molecule has 136 valence electrons. The van der Waals surface area contributed by atoms with Gasteiger partial charge < -0.3 is 14.2 Å². The van der Waals surface area contributed by atoms with Crippen LogP contribution < -0.4 is 0 Å². The van der Waals surface area contributed by atoms with Gasteiger partial charge in [-0.25, -0.2) is 0 Å². The molecule has 0 saturated carbocycles. The van der Waals surface area contributed by atoms with Crippen LogP contribution >= 0.6 is 0 Å². The van der Waals surface area contributed by atoms with Crippen LogP contribution in [0.2, 0.25) is 0 Å². The van der Waals surface area contributed by atoms with Crippen molar-refractivity contribution in [2.24, 2.45) is 10.8 Å². The Hall–Kier alpha value is -1.52. The van der Waals surface area contributed by atoms with Gasteiger partial charge in [0.15, 0.2) is 0 Å². The van der Waals surface area contributed by atoms with Crippen LogP contribution in [0.15, 0.2) is 12.8 Å². The zero-order valence-corrected chi connectivity index (χ0v) is 15.9. The van der Waals surface area contributed by atoms with E-state index in [0.717, 1.165) is 12.8 Å². The maximum Gasteiger partial charge on any atom is 0.311 e. The van der Waals surface area contributed by atoms with Crippen molar-refractivity contribution < 1.29 is 23.8 Å². The lowest BCUT2D eigenvalue weighted by molar-refractivity contribution is -0.155. The van der Waals surface area contributed by atoms with Crippen molar-refractivity contribution in [2.75, 3.05) is 19.8 Å². The molecule has 0 atom stereocenters. The van der Waals surface area contributed by atoms with Gasteiger partial charge in [0.05, 0.1) is 23.7 Å². The Morgan fingerprint density at radius 1 is 0.870 bits per heavy atom. The molecule has 5 heteroatoms. The van der Waals surface area contributed by atoms with E-state index in [1.54, 1.807) is 0 Å². The highest BCUT2D eigenvalue weighted by Gasteiger charge is 2.27. The number of hydrogen-bond acceptors (Lipinski definition) is 5. The topological polar surface area (TPSA) is 61.8 Å². The van der Waals surface area contributed by atoms with Crippen LogP contribution in [-0.2, 0) is 23.8 Å². The molecule has 0 radical (unpaired) electrons. The van der Waals surface area contributed by atoms with Gasteiger partial charge in [-0.05, 0) is 47.5 Å². The van der Waals surface area contributed by atoms with Gasteiger partial charge in [-0.3, -0.25) is 9.59 Å². The van der Waals surface area contributed by atoms with Crippen LogP contribution in [0, 0.1) is 10.8 Å². The zero-order valence-electron chi connectivity index (χ0n) is 15.9. The first-order chi connectivity index (χ1) is 10.6. The summed E-state index contributed by atoms with van der Waals surface area (Å²) in [4.78, 5) is 22.4. The third kappa shape index (κ3) is 10.8. The average molecular weight is 330 g/mol. The SMILES string of the molecule is C=COCCOC(=O)C(C)(C)CC.CCOC(=O)C(C)(C)CC. The average Bonchev–Trinajstić information content (AvgIpc) is 2.52. The van der Waals surface area contributed by atoms with Crippen molar-refractivity contribution >= 4 is 11.9 Å². The second-order valence-corrected chi connectivity index (χ2v) is 6.37. The van der Waals surface area contributed by atoms with E-state index in [1.807, 2.05) is 48.5 Å². The summed E-state index contributed by atoms with van der Waals surface area (Å²) in [5, 5.41) is 0. The minimum Gasteiger partial charge on any atom is -0.498 e. The molecule has 0 heterocycles. The predicted molar refractivity (Wildman–Crippen MR) is 91.9 cm³/mol. The number of carbonyl (C=O) groups is 2. The molecule has 0 rings (SSSR count). The van der Waals surface area contributed by atoms with Crippen molar-refractivity contribution in [1.82, 2.24) is 0 Å². The van der Waals surface area contributed by atoms with E-state index in [1.165, 1.54) is 6.26 Å². The third-order valence-electron chi connectivity index (χ3n) is 3.70. The lowest BCUT2D eigenvalue weighted by Gasteiger charge is -2.19. The Bertz CT molecular complexity index is 358. The van der Waals surface area contributed by atoms with Crippen molar-refractivity contribution in [3.8, 4) is 0 Å². The van der Waals surface area contributed by atoms with E-state index in [2.05, 4.69) is 6.58 Å². The highest BCUT2D eigenvalue weighted by molar-refractivity contribution is 5.76. The minimum absolute atomic E-state index is 0.0995. The molecule has 0 aromatic carbocycles. The van der Waals surface area contributed by atoms with Gasteiger partial charge in [-0.1, -0.05) is 20.4 Å². The summed E-state index contributed by atoms with van der Waals surface area (Å²) >= 11 is 0. The normalized spacial score (nSPS) is 10.9. The van der Waals surface area contributed by atoms with Gasteiger partial charge >= 0.3 is 11.9 Å². The van der Waals surface area contributed by atoms with Crippen molar-refractivity contribution in [3.63, 3.8) is 0 Å².